The fourth-order valence-corrected chi connectivity index (χ4v) is 4.72. The topological polar surface area (TPSA) is 83.2 Å². The molecule has 2 fully saturated rings. The fourth-order valence-electron chi connectivity index (χ4n) is 4.54. The molecule has 1 N–H and O–H groups in total. The highest BCUT2D eigenvalue weighted by atomic mass is 35.5. The van der Waals surface area contributed by atoms with E-state index in [-0.39, 0.29) is 24.5 Å². The van der Waals surface area contributed by atoms with Crippen LogP contribution in [-0.2, 0) is 9.53 Å². The number of likely N-dealkylation sites (tertiary alicyclic amines) is 1. The zero-order valence-corrected chi connectivity index (χ0v) is 18.2. The van der Waals surface area contributed by atoms with E-state index in [2.05, 4.69) is 0 Å². The Morgan fingerprint density at radius 1 is 1.27 bits per heavy atom. The Balaban J connectivity index is 1.46. The molecule has 2 aliphatic rings. The van der Waals surface area contributed by atoms with Crippen LogP contribution in [0.2, 0.25) is 5.02 Å². The molecule has 4 rings (SSSR count). The van der Waals surface area contributed by atoms with Gasteiger partial charge in [0.15, 0.2) is 5.76 Å². The molecule has 0 unspecified atom stereocenters. The molecule has 2 amide bonds. The molecule has 3 heterocycles. The largest absolute Gasteiger partial charge is 0.451 e. The number of ether oxygens (including phenoxy) is 1. The van der Waals surface area contributed by atoms with Crippen molar-refractivity contribution < 1.29 is 23.8 Å². The van der Waals surface area contributed by atoms with Crippen molar-refractivity contribution in [2.75, 3.05) is 26.7 Å². The first kappa shape index (κ1) is 21.2. The number of likely N-dealkylation sites (N-methyl/N-ethyl adjacent to an activating group) is 1. The summed E-state index contributed by atoms with van der Waals surface area (Å²) in [6.45, 7) is 4.41. The van der Waals surface area contributed by atoms with Gasteiger partial charge in [-0.05, 0) is 50.5 Å². The lowest BCUT2D eigenvalue weighted by molar-refractivity contribution is -0.207. The van der Waals surface area contributed by atoms with E-state index in [1.165, 1.54) is 6.92 Å². The number of benzene rings is 1. The quantitative estimate of drug-likeness (QED) is 0.785. The number of nitrogens with zero attached hydrogens (tertiary/aromatic N) is 2. The van der Waals surface area contributed by atoms with E-state index in [4.69, 9.17) is 20.8 Å². The van der Waals surface area contributed by atoms with Crippen molar-refractivity contribution in [2.45, 2.75) is 50.4 Å². The normalized spacial score (nSPS) is 26.2. The molecule has 0 aliphatic carbocycles. The Kier molecular flexibility index (Phi) is 5.33. The average Bonchev–Trinajstić information content (AvgIpc) is 3.12. The molecule has 8 heteroatoms. The van der Waals surface area contributed by atoms with Crippen LogP contribution in [0.15, 0.2) is 28.7 Å². The van der Waals surface area contributed by atoms with Gasteiger partial charge in [-0.25, -0.2) is 0 Å². The van der Waals surface area contributed by atoms with Gasteiger partial charge in [0.05, 0.1) is 18.2 Å². The van der Waals surface area contributed by atoms with Gasteiger partial charge in [-0.15, -0.1) is 0 Å². The molecule has 1 aromatic heterocycles. The number of furan rings is 1. The second kappa shape index (κ2) is 7.55. The third-order valence-electron chi connectivity index (χ3n) is 6.57. The fraction of sp³-hybridized carbons (Fsp3) is 0.545. The summed E-state index contributed by atoms with van der Waals surface area (Å²) in [6, 6.07) is 6.66. The summed E-state index contributed by atoms with van der Waals surface area (Å²) in [4.78, 5) is 28.2. The van der Waals surface area contributed by atoms with E-state index in [0.717, 1.165) is 5.39 Å². The number of hydrogen-bond acceptors (Lipinski definition) is 5. The summed E-state index contributed by atoms with van der Waals surface area (Å²) in [5, 5.41) is 12.1. The van der Waals surface area contributed by atoms with Crippen molar-refractivity contribution in [3.8, 4) is 0 Å². The van der Waals surface area contributed by atoms with Crippen molar-refractivity contribution in [1.82, 2.24) is 9.80 Å². The molecule has 2 aromatic rings. The van der Waals surface area contributed by atoms with Crippen LogP contribution < -0.4 is 0 Å². The first-order valence-electron chi connectivity index (χ1n) is 10.2. The lowest BCUT2D eigenvalue weighted by Gasteiger charge is -2.52. The molecule has 2 aliphatic heterocycles. The van der Waals surface area contributed by atoms with E-state index in [1.54, 1.807) is 48.0 Å². The minimum Gasteiger partial charge on any atom is -0.451 e. The monoisotopic (exact) mass is 434 g/mol. The molecule has 2 saturated heterocycles. The molecular weight excluding hydrogens is 408 g/mol. The Labute approximate surface area is 180 Å². The lowest BCUT2D eigenvalue weighted by atomic mass is 9.77. The number of carbonyl (C=O) groups excluding carboxylic acids is 2. The van der Waals surface area contributed by atoms with Crippen LogP contribution in [0.5, 0.6) is 0 Å². The zero-order chi connectivity index (χ0) is 21.7. The van der Waals surface area contributed by atoms with Crippen molar-refractivity contribution >= 4 is 34.4 Å². The third kappa shape index (κ3) is 3.82. The van der Waals surface area contributed by atoms with Gasteiger partial charge in [-0.3, -0.25) is 9.59 Å². The van der Waals surface area contributed by atoms with Gasteiger partial charge in [0.1, 0.15) is 11.2 Å². The maximum absolute atomic E-state index is 13.0. The number of hydrogen-bond donors (Lipinski definition) is 1. The number of aliphatic hydroxyl groups is 1. The van der Waals surface area contributed by atoms with Gasteiger partial charge < -0.3 is 24.1 Å². The SMILES string of the molecule is CC(=O)N(C)[C@H]1CC2(CCN(C(=O)c3cc4cc(Cl)ccc4o3)CC2)OC[C@]1(C)O. The van der Waals surface area contributed by atoms with Gasteiger partial charge in [0.25, 0.3) is 5.91 Å². The van der Waals surface area contributed by atoms with Crippen LogP contribution in [0.4, 0.5) is 0 Å². The van der Waals surface area contributed by atoms with Gasteiger partial charge in [-0.1, -0.05) is 11.6 Å². The smallest absolute Gasteiger partial charge is 0.289 e. The van der Waals surface area contributed by atoms with Crippen LogP contribution in [0.3, 0.4) is 0 Å². The van der Waals surface area contributed by atoms with Crippen LogP contribution in [0.25, 0.3) is 11.0 Å². The number of fused-ring (bicyclic) bond motifs is 1. The molecule has 7 nitrogen and oxygen atoms in total. The highest BCUT2D eigenvalue weighted by molar-refractivity contribution is 6.31. The van der Waals surface area contributed by atoms with Crippen LogP contribution in [0, 0.1) is 0 Å². The Morgan fingerprint density at radius 2 is 1.97 bits per heavy atom. The molecule has 1 spiro atoms. The molecule has 1 aromatic carbocycles. The van der Waals surface area contributed by atoms with Crippen molar-refractivity contribution in [3.63, 3.8) is 0 Å². The highest BCUT2D eigenvalue weighted by Gasteiger charge is 2.50. The Morgan fingerprint density at radius 3 is 2.63 bits per heavy atom. The molecule has 2 atom stereocenters. The number of rotatable bonds is 2. The minimum absolute atomic E-state index is 0.0880. The average molecular weight is 435 g/mol. The summed E-state index contributed by atoms with van der Waals surface area (Å²) in [7, 11) is 1.72. The number of carbonyl (C=O) groups is 2. The van der Waals surface area contributed by atoms with Crippen LogP contribution in [0.1, 0.15) is 43.7 Å². The van der Waals surface area contributed by atoms with Gasteiger partial charge in [-0.2, -0.15) is 0 Å². The zero-order valence-electron chi connectivity index (χ0n) is 17.5. The van der Waals surface area contributed by atoms with E-state index in [1.807, 2.05) is 0 Å². The summed E-state index contributed by atoms with van der Waals surface area (Å²) in [5.41, 5.74) is -0.924. The molecule has 0 radical (unpaired) electrons. The van der Waals surface area contributed by atoms with Crippen molar-refractivity contribution in [2.24, 2.45) is 0 Å². The molecule has 162 valence electrons. The highest BCUT2D eigenvalue weighted by Crippen LogP contribution is 2.40. The van der Waals surface area contributed by atoms with Crippen LogP contribution in [-0.4, -0.2) is 70.7 Å². The predicted molar refractivity (Wildman–Crippen MR) is 113 cm³/mol. The summed E-state index contributed by atoms with van der Waals surface area (Å²) >= 11 is 6.02. The minimum atomic E-state index is -1.10. The second-order valence-electron chi connectivity index (χ2n) is 8.76. The molecule has 0 bridgehead atoms. The maximum atomic E-state index is 13.0. The second-order valence-corrected chi connectivity index (χ2v) is 9.20. The lowest BCUT2D eigenvalue weighted by Crippen LogP contribution is -2.64. The summed E-state index contributed by atoms with van der Waals surface area (Å²) < 4.78 is 11.8. The molecule has 0 saturated carbocycles. The van der Waals surface area contributed by atoms with Crippen LogP contribution >= 0.6 is 11.6 Å². The van der Waals surface area contributed by atoms with E-state index < -0.39 is 11.2 Å². The summed E-state index contributed by atoms with van der Waals surface area (Å²) in [6.07, 6.45) is 1.83. The standard InChI is InChI=1S/C22H27ClN2O5/c1-14(26)24(3)19-12-22(29-13-21(19,2)28)6-8-25(9-7-22)20(27)18-11-15-10-16(23)4-5-17(15)30-18/h4-5,10-11,19,28H,6-9,12-13H2,1-3H3/t19-,21-/m0/s1. The molecule has 30 heavy (non-hydrogen) atoms. The predicted octanol–water partition coefficient (Wildman–Crippen LogP) is 3.08. The third-order valence-corrected chi connectivity index (χ3v) is 6.80. The Bertz CT molecular complexity index is 977. The number of amides is 2. The Hall–Kier alpha value is -2.09. The molecular formula is C22H27ClN2O5. The maximum Gasteiger partial charge on any atom is 0.289 e. The van der Waals surface area contributed by atoms with E-state index in [0.29, 0.717) is 48.7 Å². The van der Waals surface area contributed by atoms with Crippen molar-refractivity contribution in [1.29, 1.82) is 0 Å². The van der Waals surface area contributed by atoms with Gasteiger partial charge >= 0.3 is 0 Å². The number of piperidine rings is 1. The summed E-state index contributed by atoms with van der Waals surface area (Å²) in [5.74, 6) is 0.0530. The van der Waals surface area contributed by atoms with Gasteiger partial charge in [0.2, 0.25) is 5.91 Å². The van der Waals surface area contributed by atoms with E-state index in [9.17, 15) is 14.7 Å². The first-order chi connectivity index (χ1) is 14.1. The first-order valence-corrected chi connectivity index (χ1v) is 10.6. The van der Waals surface area contributed by atoms with E-state index >= 15 is 0 Å². The van der Waals surface area contributed by atoms with Gasteiger partial charge in [0, 0.05) is 37.5 Å². The van der Waals surface area contributed by atoms with Crippen molar-refractivity contribution in [3.05, 3.63) is 35.0 Å². The number of halogens is 1.